The maximum absolute atomic E-state index is 11.4. The summed E-state index contributed by atoms with van der Waals surface area (Å²) in [5.41, 5.74) is 1.01. The Morgan fingerprint density at radius 1 is 1.11 bits per heavy atom. The summed E-state index contributed by atoms with van der Waals surface area (Å²) in [6, 6.07) is 13.5. The predicted octanol–water partition coefficient (Wildman–Crippen LogP) is 3.35. The van der Waals surface area contributed by atoms with Gasteiger partial charge in [0, 0.05) is 0 Å². The molecule has 2 heterocycles. The van der Waals surface area contributed by atoms with Gasteiger partial charge in [-0.1, -0.05) is 30.3 Å². The first-order valence-electron chi connectivity index (χ1n) is 5.83. The largest absolute Gasteiger partial charge is 0.469 e. The van der Waals surface area contributed by atoms with E-state index >= 15 is 0 Å². The second-order valence-corrected chi connectivity index (χ2v) is 4.20. The number of esters is 1. The number of benzene rings is 1. The molecule has 1 aliphatic heterocycles. The fourth-order valence-electron chi connectivity index (χ4n) is 2.09. The molecule has 3 heteroatoms. The van der Waals surface area contributed by atoms with Gasteiger partial charge in [0.15, 0.2) is 0 Å². The summed E-state index contributed by atoms with van der Waals surface area (Å²) in [5.74, 6) is 1.11. The molecule has 0 radical (unpaired) electrons. The third-order valence-electron chi connectivity index (χ3n) is 2.94. The molecule has 90 valence electrons. The molecule has 1 unspecified atom stereocenters. The molecule has 0 saturated carbocycles. The summed E-state index contributed by atoms with van der Waals surface area (Å²) < 4.78 is 10.6. The standard InChI is InChI=1S/C15H12O3/c16-15-10-12(13-7-4-8-17-13)14(18-15)9-11-5-2-1-3-6-11/h1-9,12H,10H2/b14-9-. The van der Waals surface area contributed by atoms with Crippen molar-refractivity contribution >= 4 is 12.0 Å². The number of furan rings is 1. The Hall–Kier alpha value is -2.29. The van der Waals surface area contributed by atoms with E-state index in [1.54, 1.807) is 6.26 Å². The van der Waals surface area contributed by atoms with Gasteiger partial charge in [0.05, 0.1) is 18.6 Å². The van der Waals surface area contributed by atoms with E-state index in [9.17, 15) is 4.79 Å². The van der Waals surface area contributed by atoms with Crippen LogP contribution in [0.3, 0.4) is 0 Å². The van der Waals surface area contributed by atoms with Gasteiger partial charge in [-0.2, -0.15) is 0 Å². The number of hydrogen-bond donors (Lipinski definition) is 0. The summed E-state index contributed by atoms with van der Waals surface area (Å²) >= 11 is 0. The second kappa shape index (κ2) is 4.53. The van der Waals surface area contributed by atoms with Crippen LogP contribution in [0.1, 0.15) is 23.7 Å². The van der Waals surface area contributed by atoms with Crippen LogP contribution in [0.25, 0.3) is 6.08 Å². The van der Waals surface area contributed by atoms with Crippen LogP contribution in [0.2, 0.25) is 0 Å². The van der Waals surface area contributed by atoms with E-state index in [4.69, 9.17) is 9.15 Å². The minimum absolute atomic E-state index is 0.104. The Morgan fingerprint density at radius 2 is 1.94 bits per heavy atom. The lowest BCUT2D eigenvalue weighted by atomic mass is 10.0. The summed E-state index contributed by atoms with van der Waals surface area (Å²) in [4.78, 5) is 11.4. The van der Waals surface area contributed by atoms with Gasteiger partial charge in [-0.05, 0) is 23.8 Å². The molecule has 0 spiro atoms. The fraction of sp³-hybridized carbons (Fsp3) is 0.133. The minimum Gasteiger partial charge on any atom is -0.469 e. The van der Waals surface area contributed by atoms with Crippen molar-refractivity contribution < 1.29 is 13.9 Å². The molecule has 3 rings (SSSR count). The summed E-state index contributed by atoms with van der Waals surface area (Å²) in [7, 11) is 0. The van der Waals surface area contributed by atoms with Crippen LogP contribution in [0.5, 0.6) is 0 Å². The zero-order chi connectivity index (χ0) is 12.4. The fourth-order valence-corrected chi connectivity index (χ4v) is 2.09. The van der Waals surface area contributed by atoms with Crippen molar-refractivity contribution in [2.75, 3.05) is 0 Å². The van der Waals surface area contributed by atoms with Gasteiger partial charge in [0.1, 0.15) is 11.5 Å². The van der Waals surface area contributed by atoms with Crippen molar-refractivity contribution in [2.45, 2.75) is 12.3 Å². The first-order valence-corrected chi connectivity index (χ1v) is 5.83. The number of carbonyl (C=O) groups excluding carboxylic acids is 1. The molecule has 0 amide bonds. The lowest BCUT2D eigenvalue weighted by molar-refractivity contribution is -0.135. The molecule has 1 aromatic carbocycles. The van der Waals surface area contributed by atoms with Gasteiger partial charge in [0.2, 0.25) is 0 Å². The van der Waals surface area contributed by atoms with Gasteiger partial charge in [-0.15, -0.1) is 0 Å². The number of rotatable bonds is 2. The summed E-state index contributed by atoms with van der Waals surface area (Å²) in [6.07, 6.45) is 3.84. The van der Waals surface area contributed by atoms with E-state index in [0.717, 1.165) is 11.3 Å². The SMILES string of the molecule is O=C1CC(c2ccco2)/C(=C/c2ccccc2)O1. The summed E-state index contributed by atoms with van der Waals surface area (Å²) in [5, 5.41) is 0. The van der Waals surface area contributed by atoms with Gasteiger partial charge in [0.25, 0.3) is 0 Å². The van der Waals surface area contributed by atoms with Crippen molar-refractivity contribution in [3.05, 3.63) is 65.8 Å². The van der Waals surface area contributed by atoms with E-state index in [-0.39, 0.29) is 11.9 Å². The Balaban J connectivity index is 1.95. The van der Waals surface area contributed by atoms with Crippen LogP contribution in [-0.4, -0.2) is 5.97 Å². The Morgan fingerprint density at radius 3 is 2.67 bits per heavy atom. The molecule has 0 aliphatic carbocycles. The second-order valence-electron chi connectivity index (χ2n) is 4.20. The molecule has 0 bridgehead atoms. The maximum Gasteiger partial charge on any atom is 0.312 e. The van der Waals surface area contributed by atoms with Crippen LogP contribution in [-0.2, 0) is 9.53 Å². The van der Waals surface area contributed by atoms with E-state index in [1.165, 1.54) is 0 Å². The van der Waals surface area contributed by atoms with Crippen molar-refractivity contribution in [2.24, 2.45) is 0 Å². The van der Waals surface area contributed by atoms with Gasteiger partial charge < -0.3 is 9.15 Å². The van der Waals surface area contributed by atoms with Crippen LogP contribution < -0.4 is 0 Å². The lowest BCUT2D eigenvalue weighted by Gasteiger charge is -2.05. The molecule has 1 aromatic heterocycles. The summed E-state index contributed by atoms with van der Waals surface area (Å²) in [6.45, 7) is 0. The molecule has 2 aromatic rings. The van der Waals surface area contributed by atoms with E-state index in [2.05, 4.69) is 0 Å². The number of carbonyl (C=O) groups is 1. The Labute approximate surface area is 105 Å². The average Bonchev–Trinajstić information content (AvgIpc) is 3.00. The highest BCUT2D eigenvalue weighted by Crippen LogP contribution is 2.36. The highest BCUT2D eigenvalue weighted by Gasteiger charge is 2.32. The molecule has 0 N–H and O–H groups in total. The van der Waals surface area contributed by atoms with Gasteiger partial charge in [-0.3, -0.25) is 4.79 Å². The number of cyclic esters (lactones) is 1. The van der Waals surface area contributed by atoms with E-state index < -0.39 is 0 Å². The number of allylic oxidation sites excluding steroid dienone is 1. The maximum atomic E-state index is 11.4. The van der Waals surface area contributed by atoms with Gasteiger partial charge >= 0.3 is 5.97 Å². The molecule has 1 atom stereocenters. The van der Waals surface area contributed by atoms with Crippen LogP contribution in [0.4, 0.5) is 0 Å². The van der Waals surface area contributed by atoms with Crippen LogP contribution in [0, 0.1) is 0 Å². The normalized spacial score (nSPS) is 21.2. The monoisotopic (exact) mass is 240 g/mol. The molecule has 3 nitrogen and oxygen atoms in total. The van der Waals surface area contributed by atoms with Crippen LogP contribution >= 0.6 is 0 Å². The smallest absolute Gasteiger partial charge is 0.312 e. The van der Waals surface area contributed by atoms with Crippen molar-refractivity contribution in [3.8, 4) is 0 Å². The zero-order valence-corrected chi connectivity index (χ0v) is 9.71. The van der Waals surface area contributed by atoms with Crippen molar-refractivity contribution in [3.63, 3.8) is 0 Å². The third-order valence-corrected chi connectivity index (χ3v) is 2.94. The molecule has 1 aliphatic rings. The van der Waals surface area contributed by atoms with Crippen molar-refractivity contribution in [1.82, 2.24) is 0 Å². The zero-order valence-electron chi connectivity index (χ0n) is 9.71. The third kappa shape index (κ3) is 2.07. The molecular weight excluding hydrogens is 228 g/mol. The van der Waals surface area contributed by atoms with Gasteiger partial charge in [-0.25, -0.2) is 0 Å². The van der Waals surface area contributed by atoms with E-state index in [1.807, 2.05) is 48.5 Å². The molecule has 18 heavy (non-hydrogen) atoms. The highest BCUT2D eigenvalue weighted by molar-refractivity contribution is 5.77. The van der Waals surface area contributed by atoms with Crippen LogP contribution in [0.15, 0.2) is 58.9 Å². The predicted molar refractivity (Wildman–Crippen MR) is 66.6 cm³/mol. The van der Waals surface area contributed by atoms with Crippen molar-refractivity contribution in [1.29, 1.82) is 0 Å². The molecular formula is C15H12O3. The Bertz CT molecular complexity index is 567. The average molecular weight is 240 g/mol. The first-order chi connectivity index (χ1) is 8.83. The minimum atomic E-state index is -0.210. The first kappa shape index (κ1) is 10.8. The number of ether oxygens (including phenoxy) is 1. The topological polar surface area (TPSA) is 39.4 Å². The Kier molecular flexibility index (Phi) is 2.73. The van der Waals surface area contributed by atoms with E-state index in [0.29, 0.717) is 12.2 Å². The number of hydrogen-bond acceptors (Lipinski definition) is 3. The highest BCUT2D eigenvalue weighted by atomic mass is 16.5. The molecule has 1 fully saturated rings. The quantitative estimate of drug-likeness (QED) is 0.756. The molecule has 1 saturated heterocycles. The lowest BCUT2D eigenvalue weighted by Crippen LogP contribution is -1.94.